The third-order valence-corrected chi connectivity index (χ3v) is 2.69. The number of aryl methyl sites for hydroxylation is 1. The number of amidine groups is 1. The smallest absolute Gasteiger partial charge is 0.255 e. The molecule has 1 aromatic carbocycles. The fourth-order valence-corrected chi connectivity index (χ4v) is 1.64. The lowest BCUT2D eigenvalue weighted by atomic mass is 10.2. The van der Waals surface area contributed by atoms with E-state index in [0.29, 0.717) is 16.5 Å². The second-order valence-electron chi connectivity index (χ2n) is 3.38. The quantitative estimate of drug-likeness (QED) is 0.787. The van der Waals surface area contributed by atoms with Gasteiger partial charge in [-0.1, -0.05) is 23.7 Å². The van der Waals surface area contributed by atoms with Crippen molar-refractivity contribution < 1.29 is 4.79 Å². The number of benzene rings is 1. The van der Waals surface area contributed by atoms with Gasteiger partial charge in [0, 0.05) is 0 Å². The highest BCUT2D eigenvalue weighted by Gasteiger charge is 2.25. The summed E-state index contributed by atoms with van der Waals surface area (Å²) in [6.07, 6.45) is 0.157. The summed E-state index contributed by atoms with van der Waals surface area (Å²) in [6.45, 7) is 1.87. The number of rotatable bonds is 1. The van der Waals surface area contributed by atoms with E-state index in [1.54, 1.807) is 6.07 Å². The van der Waals surface area contributed by atoms with E-state index in [9.17, 15) is 4.79 Å². The highest BCUT2D eigenvalue weighted by Crippen LogP contribution is 2.30. The molecule has 1 aliphatic heterocycles. The summed E-state index contributed by atoms with van der Waals surface area (Å²) in [5.41, 5.74) is 6.98. The number of hydrogen-bond acceptors (Lipinski definition) is 3. The number of halogens is 1. The Bertz CT molecular complexity index is 456. The Kier molecular flexibility index (Phi) is 2.36. The molecule has 0 bridgehead atoms. The van der Waals surface area contributed by atoms with Gasteiger partial charge in [-0.3, -0.25) is 4.79 Å². The van der Waals surface area contributed by atoms with E-state index in [1.165, 1.54) is 5.01 Å². The number of carbonyl (C=O) groups is 1. The normalized spacial score (nSPS) is 15.7. The van der Waals surface area contributed by atoms with Gasteiger partial charge in [0.1, 0.15) is 5.84 Å². The Morgan fingerprint density at radius 2 is 2.27 bits per heavy atom. The van der Waals surface area contributed by atoms with Gasteiger partial charge in [0.15, 0.2) is 0 Å². The standard InChI is InChI=1S/C10H10ClN3O/c1-6-3-2-4-7(10(6)11)14-9(15)5-8(12)13-14/h2-4H,5H2,1H3,(H2,12,13). The maximum atomic E-state index is 11.5. The Hall–Kier alpha value is -1.55. The van der Waals surface area contributed by atoms with Crippen LogP contribution in [-0.2, 0) is 4.79 Å². The van der Waals surface area contributed by atoms with Crippen LogP contribution in [0, 0.1) is 6.92 Å². The first-order valence-corrected chi connectivity index (χ1v) is 4.88. The van der Waals surface area contributed by atoms with Crippen molar-refractivity contribution in [2.45, 2.75) is 13.3 Å². The van der Waals surface area contributed by atoms with Crippen molar-refractivity contribution >= 4 is 29.0 Å². The number of anilines is 1. The van der Waals surface area contributed by atoms with Crippen LogP contribution in [0.5, 0.6) is 0 Å². The van der Waals surface area contributed by atoms with E-state index in [2.05, 4.69) is 5.10 Å². The Labute approximate surface area is 92.3 Å². The molecule has 2 rings (SSSR count). The SMILES string of the molecule is Cc1cccc(N2N=C(N)CC2=O)c1Cl. The second-order valence-corrected chi connectivity index (χ2v) is 3.76. The summed E-state index contributed by atoms with van der Waals surface area (Å²) in [5.74, 6) is 0.164. The van der Waals surface area contributed by atoms with Crippen LogP contribution < -0.4 is 10.7 Å². The van der Waals surface area contributed by atoms with Crippen LogP contribution in [0.3, 0.4) is 0 Å². The van der Waals surface area contributed by atoms with Gasteiger partial charge >= 0.3 is 0 Å². The van der Waals surface area contributed by atoms with Crippen LogP contribution in [0.2, 0.25) is 5.02 Å². The molecule has 0 fully saturated rings. The summed E-state index contributed by atoms with van der Waals surface area (Å²) in [7, 11) is 0. The Morgan fingerprint density at radius 1 is 1.53 bits per heavy atom. The number of nitrogens with zero attached hydrogens (tertiary/aromatic N) is 2. The molecule has 0 saturated carbocycles. The topological polar surface area (TPSA) is 58.7 Å². The van der Waals surface area contributed by atoms with Gasteiger partial charge in [-0.15, -0.1) is 0 Å². The maximum Gasteiger partial charge on any atom is 0.255 e. The van der Waals surface area contributed by atoms with Crippen molar-refractivity contribution in [2.24, 2.45) is 10.8 Å². The Balaban J connectivity index is 2.46. The van der Waals surface area contributed by atoms with Crippen LogP contribution in [0.15, 0.2) is 23.3 Å². The van der Waals surface area contributed by atoms with Crippen LogP contribution in [0.4, 0.5) is 5.69 Å². The zero-order chi connectivity index (χ0) is 11.0. The van der Waals surface area contributed by atoms with Crippen LogP contribution >= 0.6 is 11.6 Å². The number of nitrogens with two attached hydrogens (primary N) is 1. The van der Waals surface area contributed by atoms with Gasteiger partial charge in [0.2, 0.25) is 0 Å². The summed E-state index contributed by atoms with van der Waals surface area (Å²) < 4.78 is 0. The number of carbonyl (C=O) groups excluding carboxylic acids is 1. The van der Waals surface area contributed by atoms with Crippen LogP contribution in [-0.4, -0.2) is 11.7 Å². The minimum Gasteiger partial charge on any atom is -0.385 e. The first-order chi connectivity index (χ1) is 7.09. The average Bonchev–Trinajstić information content (AvgIpc) is 2.50. The molecule has 0 aromatic heterocycles. The molecule has 5 heteroatoms. The molecule has 1 aliphatic rings. The third-order valence-electron chi connectivity index (χ3n) is 2.20. The van der Waals surface area contributed by atoms with Crippen molar-refractivity contribution in [1.82, 2.24) is 0 Å². The molecule has 1 amide bonds. The predicted octanol–water partition coefficient (Wildman–Crippen LogP) is 1.66. The molecule has 1 heterocycles. The zero-order valence-electron chi connectivity index (χ0n) is 8.20. The van der Waals surface area contributed by atoms with Gasteiger partial charge in [-0.2, -0.15) is 10.1 Å². The van der Waals surface area contributed by atoms with Gasteiger partial charge in [0.25, 0.3) is 5.91 Å². The highest BCUT2D eigenvalue weighted by molar-refractivity contribution is 6.34. The van der Waals surface area contributed by atoms with E-state index in [-0.39, 0.29) is 12.3 Å². The molecule has 4 nitrogen and oxygen atoms in total. The number of hydrazone groups is 1. The predicted molar refractivity (Wildman–Crippen MR) is 59.9 cm³/mol. The lowest BCUT2D eigenvalue weighted by Crippen LogP contribution is -2.20. The summed E-state index contributed by atoms with van der Waals surface area (Å²) in [6, 6.07) is 5.45. The minimum absolute atomic E-state index is 0.153. The van der Waals surface area contributed by atoms with Crippen molar-refractivity contribution in [3.63, 3.8) is 0 Å². The van der Waals surface area contributed by atoms with Gasteiger partial charge in [-0.05, 0) is 18.6 Å². The average molecular weight is 224 g/mol. The second kappa shape index (κ2) is 3.55. The molecule has 0 spiro atoms. The first kappa shape index (κ1) is 9.98. The van der Waals surface area contributed by atoms with E-state index < -0.39 is 0 Å². The highest BCUT2D eigenvalue weighted by atomic mass is 35.5. The largest absolute Gasteiger partial charge is 0.385 e. The lowest BCUT2D eigenvalue weighted by Gasteiger charge is -2.14. The molecule has 0 unspecified atom stereocenters. The lowest BCUT2D eigenvalue weighted by molar-refractivity contribution is -0.116. The molecular formula is C10H10ClN3O. The molecule has 1 aromatic rings. The van der Waals surface area contributed by atoms with Gasteiger partial charge in [0.05, 0.1) is 17.1 Å². The van der Waals surface area contributed by atoms with Crippen LogP contribution in [0.1, 0.15) is 12.0 Å². The van der Waals surface area contributed by atoms with Crippen LogP contribution in [0.25, 0.3) is 0 Å². The van der Waals surface area contributed by atoms with E-state index in [0.717, 1.165) is 5.56 Å². The third kappa shape index (κ3) is 1.68. The minimum atomic E-state index is -0.153. The molecular weight excluding hydrogens is 214 g/mol. The van der Waals surface area contributed by atoms with Crippen molar-refractivity contribution in [2.75, 3.05) is 5.01 Å². The molecule has 0 atom stereocenters. The number of amides is 1. The zero-order valence-corrected chi connectivity index (χ0v) is 8.95. The summed E-state index contributed by atoms with van der Waals surface area (Å²) in [4.78, 5) is 11.5. The fourth-order valence-electron chi connectivity index (χ4n) is 1.43. The molecule has 0 aliphatic carbocycles. The first-order valence-electron chi connectivity index (χ1n) is 4.50. The molecule has 2 N–H and O–H groups in total. The molecule has 0 saturated heterocycles. The fraction of sp³-hybridized carbons (Fsp3) is 0.200. The summed E-state index contributed by atoms with van der Waals surface area (Å²) >= 11 is 6.08. The monoisotopic (exact) mass is 223 g/mol. The Morgan fingerprint density at radius 3 is 2.87 bits per heavy atom. The van der Waals surface area contributed by atoms with E-state index in [1.807, 2.05) is 19.1 Å². The van der Waals surface area contributed by atoms with E-state index in [4.69, 9.17) is 17.3 Å². The van der Waals surface area contributed by atoms with Gasteiger partial charge in [-0.25, -0.2) is 0 Å². The number of hydrogen-bond donors (Lipinski definition) is 1. The van der Waals surface area contributed by atoms with Crippen molar-refractivity contribution in [3.05, 3.63) is 28.8 Å². The molecule has 78 valence electrons. The van der Waals surface area contributed by atoms with Gasteiger partial charge < -0.3 is 5.73 Å². The van der Waals surface area contributed by atoms with Crippen molar-refractivity contribution in [1.29, 1.82) is 0 Å². The van der Waals surface area contributed by atoms with E-state index >= 15 is 0 Å². The van der Waals surface area contributed by atoms with Crippen molar-refractivity contribution in [3.8, 4) is 0 Å². The molecule has 0 radical (unpaired) electrons. The maximum absolute atomic E-state index is 11.5. The summed E-state index contributed by atoms with van der Waals surface area (Å²) in [5, 5.41) is 5.72. The molecule has 15 heavy (non-hydrogen) atoms.